The summed E-state index contributed by atoms with van der Waals surface area (Å²) in [5.41, 5.74) is 9.62. The van der Waals surface area contributed by atoms with E-state index in [1.54, 1.807) is 0 Å². The van der Waals surface area contributed by atoms with Crippen LogP contribution in [0.3, 0.4) is 0 Å². The van der Waals surface area contributed by atoms with Gasteiger partial charge in [0.15, 0.2) is 17.5 Å². The molecule has 5 aromatic rings. The molecule has 202 valence electrons. The third-order valence-corrected chi connectivity index (χ3v) is 7.84. The first-order valence-corrected chi connectivity index (χ1v) is 14.1. The van der Waals surface area contributed by atoms with Gasteiger partial charge in [0.25, 0.3) is 0 Å². The Hall–Kier alpha value is -4.97. The highest BCUT2D eigenvalue weighted by atomic mass is 15.4. The van der Waals surface area contributed by atoms with E-state index in [-0.39, 0.29) is 6.04 Å². The zero-order valence-corrected chi connectivity index (χ0v) is 23.7. The van der Waals surface area contributed by atoms with Crippen LogP contribution in [-0.2, 0) is 0 Å². The molecule has 0 radical (unpaired) electrons. The molecule has 0 bridgehead atoms. The van der Waals surface area contributed by atoms with Crippen molar-refractivity contribution in [2.45, 2.75) is 39.7 Å². The van der Waals surface area contributed by atoms with Crippen LogP contribution in [-0.4, -0.2) is 21.5 Å². The molecule has 0 saturated carbocycles. The lowest BCUT2D eigenvalue weighted by molar-refractivity contribution is 0.810. The predicted molar refractivity (Wildman–Crippen MR) is 169 cm³/mol. The van der Waals surface area contributed by atoms with E-state index in [1.807, 2.05) is 28.9 Å². The molecule has 0 fully saturated rings. The van der Waals surface area contributed by atoms with Crippen LogP contribution >= 0.6 is 0 Å². The van der Waals surface area contributed by atoms with Crippen molar-refractivity contribution in [2.75, 3.05) is 10.2 Å². The minimum atomic E-state index is -0.137. The fraction of sp³-hybridized carbons (Fsp3) is 0.171. The van der Waals surface area contributed by atoms with Crippen molar-refractivity contribution in [1.29, 1.82) is 0 Å². The van der Waals surface area contributed by atoms with Gasteiger partial charge < -0.3 is 10.2 Å². The number of hydrogen-bond acceptors (Lipinski definition) is 5. The normalized spacial score (nSPS) is 15.5. The molecule has 6 nitrogen and oxygen atoms in total. The Labute approximate surface area is 240 Å². The van der Waals surface area contributed by atoms with E-state index in [1.165, 1.54) is 16.7 Å². The third-order valence-electron chi connectivity index (χ3n) is 7.84. The molecule has 6 heteroatoms. The average molecular weight is 537 g/mol. The van der Waals surface area contributed by atoms with Crippen LogP contribution in [0.2, 0.25) is 0 Å². The lowest BCUT2D eigenvalue weighted by Gasteiger charge is -2.40. The number of aliphatic imine (C=N–C) groups is 2. The van der Waals surface area contributed by atoms with Crippen LogP contribution in [0.1, 0.15) is 53.8 Å². The molecule has 0 spiro atoms. The van der Waals surface area contributed by atoms with E-state index in [0.29, 0.717) is 11.8 Å². The van der Waals surface area contributed by atoms with E-state index in [0.717, 1.165) is 45.7 Å². The molecule has 0 amide bonds. The number of nitrogens with one attached hydrogen (secondary N) is 1. The molecule has 2 aliphatic heterocycles. The summed E-state index contributed by atoms with van der Waals surface area (Å²) in [6, 6.07) is 35.8. The largest absolute Gasteiger partial charge is 0.337 e. The maximum Gasteiger partial charge on any atom is 0.179 e. The number of para-hydroxylation sites is 3. The van der Waals surface area contributed by atoms with Gasteiger partial charge in [-0.15, -0.1) is 0 Å². The maximum absolute atomic E-state index is 5.33. The summed E-state index contributed by atoms with van der Waals surface area (Å²) in [6.07, 6.45) is 0. The predicted octanol–water partition coefficient (Wildman–Crippen LogP) is 8.41. The Morgan fingerprint density at radius 1 is 0.780 bits per heavy atom. The van der Waals surface area contributed by atoms with Crippen LogP contribution in [0.15, 0.2) is 113 Å². The summed E-state index contributed by atoms with van der Waals surface area (Å²) in [4.78, 5) is 12.8. The first-order valence-electron chi connectivity index (χ1n) is 14.1. The minimum Gasteiger partial charge on any atom is -0.337 e. The number of amidine groups is 2. The number of rotatable bonds is 4. The van der Waals surface area contributed by atoms with E-state index in [9.17, 15) is 0 Å². The monoisotopic (exact) mass is 536 g/mol. The van der Waals surface area contributed by atoms with Crippen molar-refractivity contribution >= 4 is 34.6 Å². The standard InChI is InChI=1S/C35H32N6/c1-22(2)25-17-19-26(20-18-25)32-31-24(4)39-41(28-13-6-5-7-14-28)34(31)38-35-33(36-27-12-10-11-23(3)21-27)37-29-15-8-9-16-30(29)40(32)35/h5-22,32H,1-4H3,(H,36,37). The number of nitrogens with zero attached hydrogens (tertiary/aromatic N) is 5. The van der Waals surface area contributed by atoms with Gasteiger partial charge in [-0.1, -0.05) is 80.6 Å². The van der Waals surface area contributed by atoms with Crippen LogP contribution in [0.25, 0.3) is 5.69 Å². The number of benzene rings is 4. The summed E-state index contributed by atoms with van der Waals surface area (Å²) in [6.45, 7) is 8.64. The molecule has 0 aliphatic carbocycles. The minimum absolute atomic E-state index is 0.137. The van der Waals surface area contributed by atoms with Crippen LogP contribution in [0, 0.1) is 13.8 Å². The van der Waals surface area contributed by atoms with Gasteiger partial charge in [-0.3, -0.25) is 0 Å². The number of aromatic nitrogens is 2. The Kier molecular flexibility index (Phi) is 6.04. The quantitative estimate of drug-likeness (QED) is 0.251. The van der Waals surface area contributed by atoms with Crippen LogP contribution in [0.4, 0.5) is 22.9 Å². The molecule has 1 aromatic heterocycles. The Morgan fingerprint density at radius 3 is 2.29 bits per heavy atom. The molecule has 41 heavy (non-hydrogen) atoms. The molecule has 1 unspecified atom stereocenters. The first-order chi connectivity index (χ1) is 20.0. The Bertz CT molecular complexity index is 1810. The van der Waals surface area contributed by atoms with Crippen molar-refractivity contribution in [3.63, 3.8) is 0 Å². The summed E-state index contributed by atoms with van der Waals surface area (Å²) < 4.78 is 1.97. The fourth-order valence-corrected chi connectivity index (χ4v) is 5.79. The third kappa shape index (κ3) is 4.32. The summed E-state index contributed by atoms with van der Waals surface area (Å²) in [7, 11) is 0. The van der Waals surface area contributed by atoms with Gasteiger partial charge in [-0.05, 0) is 72.9 Å². The van der Waals surface area contributed by atoms with Gasteiger partial charge in [0.1, 0.15) is 0 Å². The fourth-order valence-electron chi connectivity index (χ4n) is 5.79. The Morgan fingerprint density at radius 2 is 1.54 bits per heavy atom. The molecule has 2 aliphatic rings. The molecule has 3 heterocycles. The molecule has 1 N–H and O–H groups in total. The van der Waals surface area contributed by atoms with Crippen molar-refractivity contribution < 1.29 is 0 Å². The number of fused-ring (bicyclic) bond motifs is 4. The first kappa shape index (κ1) is 25.0. The zero-order chi connectivity index (χ0) is 28.1. The SMILES string of the molecule is Cc1cccc(NC2=Nc3ccccc3N3C2=Nc2c(c(C)nn2-c2ccccc2)C3c2ccc(C(C)C)cc2)c1. The van der Waals surface area contributed by atoms with Crippen LogP contribution in [0.5, 0.6) is 0 Å². The van der Waals surface area contributed by atoms with Crippen molar-refractivity contribution in [3.8, 4) is 5.69 Å². The van der Waals surface area contributed by atoms with E-state index in [2.05, 4.69) is 117 Å². The van der Waals surface area contributed by atoms with E-state index < -0.39 is 0 Å². The highest BCUT2D eigenvalue weighted by Crippen LogP contribution is 2.48. The van der Waals surface area contributed by atoms with Crippen LogP contribution < -0.4 is 10.2 Å². The summed E-state index contributed by atoms with van der Waals surface area (Å²) in [5, 5.41) is 8.64. The van der Waals surface area contributed by atoms with Gasteiger partial charge in [-0.25, -0.2) is 14.7 Å². The Balaban J connectivity index is 1.48. The topological polar surface area (TPSA) is 57.8 Å². The summed E-state index contributed by atoms with van der Waals surface area (Å²) >= 11 is 0. The summed E-state index contributed by atoms with van der Waals surface area (Å²) in [5.74, 6) is 2.77. The maximum atomic E-state index is 5.33. The molecule has 4 aromatic carbocycles. The second-order valence-electron chi connectivity index (χ2n) is 11.0. The lowest BCUT2D eigenvalue weighted by Crippen LogP contribution is -2.46. The van der Waals surface area contributed by atoms with Gasteiger partial charge >= 0.3 is 0 Å². The van der Waals surface area contributed by atoms with Crippen molar-refractivity contribution in [3.05, 3.63) is 131 Å². The number of hydrogen-bond donors (Lipinski definition) is 1. The smallest absolute Gasteiger partial charge is 0.179 e. The van der Waals surface area contributed by atoms with Crippen molar-refractivity contribution in [2.24, 2.45) is 9.98 Å². The van der Waals surface area contributed by atoms with Gasteiger partial charge in [0, 0.05) is 11.3 Å². The van der Waals surface area contributed by atoms with E-state index in [4.69, 9.17) is 15.1 Å². The lowest BCUT2D eigenvalue weighted by atomic mass is 9.91. The molecule has 0 saturated heterocycles. The number of anilines is 2. The highest BCUT2D eigenvalue weighted by Gasteiger charge is 2.41. The van der Waals surface area contributed by atoms with Gasteiger partial charge in [0.2, 0.25) is 0 Å². The van der Waals surface area contributed by atoms with Gasteiger partial charge in [-0.2, -0.15) is 5.10 Å². The highest BCUT2D eigenvalue weighted by molar-refractivity contribution is 6.51. The second-order valence-corrected chi connectivity index (χ2v) is 11.0. The molecule has 1 atom stereocenters. The zero-order valence-electron chi connectivity index (χ0n) is 23.7. The van der Waals surface area contributed by atoms with E-state index >= 15 is 0 Å². The number of aryl methyl sites for hydroxylation is 2. The van der Waals surface area contributed by atoms with Crippen molar-refractivity contribution in [1.82, 2.24) is 9.78 Å². The molecular weight excluding hydrogens is 504 g/mol. The molecule has 7 rings (SSSR count). The van der Waals surface area contributed by atoms with Gasteiger partial charge in [0.05, 0.1) is 28.8 Å². The average Bonchev–Trinajstić information content (AvgIpc) is 3.32. The second kappa shape index (κ2) is 9.89. The molecular formula is C35H32N6.